The van der Waals surface area contributed by atoms with Crippen molar-refractivity contribution in [1.82, 2.24) is 15.2 Å². The van der Waals surface area contributed by atoms with Gasteiger partial charge in [-0.2, -0.15) is 13.2 Å². The number of hydrogen-bond donors (Lipinski definition) is 2. The molecule has 22 heavy (non-hydrogen) atoms. The molecule has 124 valence electrons. The van der Waals surface area contributed by atoms with Crippen LogP contribution in [0.5, 0.6) is 0 Å². The van der Waals surface area contributed by atoms with E-state index >= 15 is 0 Å². The smallest absolute Gasteiger partial charge is 0.383 e. The first kappa shape index (κ1) is 16.8. The topological polar surface area (TPSA) is 43.4 Å². The Balaban J connectivity index is 2.19. The standard InChI is InChI=1S/C14H22F3N5/c1-21(2)6-5-19-11-9-12(14(15,16)17)13(20-10-11)22-7-3-18-4-8-22/h9-10,18-19H,3-8H2,1-2H3. The lowest BCUT2D eigenvalue weighted by molar-refractivity contribution is -0.137. The third-order valence-electron chi connectivity index (χ3n) is 3.48. The first-order chi connectivity index (χ1) is 10.4. The molecule has 0 aliphatic carbocycles. The average molecular weight is 317 g/mol. The average Bonchev–Trinajstić information content (AvgIpc) is 2.47. The number of nitrogens with zero attached hydrogens (tertiary/aromatic N) is 3. The normalized spacial score (nSPS) is 16.2. The van der Waals surface area contributed by atoms with E-state index in [1.165, 1.54) is 6.20 Å². The molecule has 1 aromatic heterocycles. The fourth-order valence-corrected chi connectivity index (χ4v) is 2.32. The quantitative estimate of drug-likeness (QED) is 0.861. The highest BCUT2D eigenvalue weighted by molar-refractivity contribution is 5.56. The molecule has 0 atom stereocenters. The zero-order chi connectivity index (χ0) is 16.2. The van der Waals surface area contributed by atoms with Gasteiger partial charge in [-0.1, -0.05) is 0 Å². The third kappa shape index (κ3) is 4.48. The van der Waals surface area contributed by atoms with E-state index in [9.17, 15) is 13.2 Å². The highest BCUT2D eigenvalue weighted by Gasteiger charge is 2.36. The molecule has 2 rings (SSSR count). The lowest BCUT2D eigenvalue weighted by atomic mass is 10.2. The van der Waals surface area contributed by atoms with E-state index in [0.717, 1.165) is 12.6 Å². The van der Waals surface area contributed by atoms with E-state index in [4.69, 9.17) is 0 Å². The summed E-state index contributed by atoms with van der Waals surface area (Å²) < 4.78 is 39.9. The van der Waals surface area contributed by atoms with Gasteiger partial charge in [0.05, 0.1) is 11.9 Å². The van der Waals surface area contributed by atoms with Crippen molar-refractivity contribution in [3.63, 3.8) is 0 Å². The molecule has 0 aromatic carbocycles. The van der Waals surface area contributed by atoms with Crippen LogP contribution in [0.15, 0.2) is 12.3 Å². The SMILES string of the molecule is CN(C)CCNc1cnc(N2CCNCC2)c(C(F)(F)F)c1. The number of aromatic nitrogens is 1. The van der Waals surface area contributed by atoms with Crippen molar-refractivity contribution in [2.75, 3.05) is 63.6 Å². The number of rotatable bonds is 5. The van der Waals surface area contributed by atoms with Crippen LogP contribution in [0, 0.1) is 0 Å². The van der Waals surface area contributed by atoms with Gasteiger partial charge in [0.15, 0.2) is 0 Å². The van der Waals surface area contributed by atoms with Crippen molar-refractivity contribution in [3.05, 3.63) is 17.8 Å². The number of piperazine rings is 1. The fourth-order valence-electron chi connectivity index (χ4n) is 2.32. The van der Waals surface area contributed by atoms with E-state index in [1.54, 1.807) is 4.90 Å². The summed E-state index contributed by atoms with van der Waals surface area (Å²) in [5, 5.41) is 6.11. The summed E-state index contributed by atoms with van der Waals surface area (Å²) in [6, 6.07) is 1.15. The van der Waals surface area contributed by atoms with Gasteiger partial charge >= 0.3 is 6.18 Å². The van der Waals surface area contributed by atoms with Crippen LogP contribution in [0.4, 0.5) is 24.7 Å². The third-order valence-corrected chi connectivity index (χ3v) is 3.48. The lowest BCUT2D eigenvalue weighted by Crippen LogP contribution is -2.44. The summed E-state index contributed by atoms with van der Waals surface area (Å²) in [4.78, 5) is 7.71. The van der Waals surface area contributed by atoms with Crippen molar-refractivity contribution in [3.8, 4) is 0 Å². The van der Waals surface area contributed by atoms with Crippen LogP contribution >= 0.6 is 0 Å². The lowest BCUT2D eigenvalue weighted by Gasteiger charge is -2.30. The molecule has 1 fully saturated rings. The molecule has 1 saturated heterocycles. The number of hydrogen-bond acceptors (Lipinski definition) is 5. The zero-order valence-corrected chi connectivity index (χ0v) is 12.9. The van der Waals surface area contributed by atoms with Crippen LogP contribution in [0.1, 0.15) is 5.56 Å². The predicted octanol–water partition coefficient (Wildman–Crippen LogP) is 1.48. The van der Waals surface area contributed by atoms with Gasteiger partial charge in [-0.3, -0.25) is 0 Å². The van der Waals surface area contributed by atoms with Crippen LogP contribution in [0.3, 0.4) is 0 Å². The molecule has 2 N–H and O–H groups in total. The van der Waals surface area contributed by atoms with Gasteiger partial charge < -0.3 is 20.4 Å². The molecule has 0 unspecified atom stereocenters. The Morgan fingerprint density at radius 3 is 2.59 bits per heavy atom. The van der Waals surface area contributed by atoms with Crippen molar-refractivity contribution >= 4 is 11.5 Å². The number of alkyl halides is 3. The molecule has 0 radical (unpaired) electrons. The van der Waals surface area contributed by atoms with E-state index in [2.05, 4.69) is 15.6 Å². The Morgan fingerprint density at radius 1 is 1.32 bits per heavy atom. The van der Waals surface area contributed by atoms with Gasteiger partial charge in [0.1, 0.15) is 11.4 Å². The Bertz CT molecular complexity index is 484. The molecule has 1 aliphatic heterocycles. The van der Waals surface area contributed by atoms with Crippen LogP contribution in [0.2, 0.25) is 0 Å². The van der Waals surface area contributed by atoms with Crippen molar-refractivity contribution < 1.29 is 13.2 Å². The maximum absolute atomic E-state index is 13.3. The van der Waals surface area contributed by atoms with Crippen molar-refractivity contribution in [2.45, 2.75) is 6.18 Å². The Morgan fingerprint density at radius 2 is 2.00 bits per heavy atom. The number of nitrogens with one attached hydrogen (secondary N) is 2. The van der Waals surface area contributed by atoms with E-state index < -0.39 is 11.7 Å². The van der Waals surface area contributed by atoms with E-state index in [-0.39, 0.29) is 5.82 Å². The summed E-state index contributed by atoms with van der Waals surface area (Å²) in [6.45, 7) is 3.70. The van der Waals surface area contributed by atoms with Gasteiger partial charge in [0, 0.05) is 39.3 Å². The summed E-state index contributed by atoms with van der Waals surface area (Å²) in [5.41, 5.74) is -0.280. The van der Waals surface area contributed by atoms with E-state index in [0.29, 0.717) is 38.4 Å². The number of halogens is 3. The molecule has 0 amide bonds. The zero-order valence-electron chi connectivity index (χ0n) is 12.9. The van der Waals surface area contributed by atoms with Crippen molar-refractivity contribution in [1.29, 1.82) is 0 Å². The number of pyridine rings is 1. The van der Waals surface area contributed by atoms with Gasteiger partial charge in [-0.05, 0) is 20.2 Å². The Hall–Kier alpha value is -1.54. The molecule has 1 aromatic rings. The maximum Gasteiger partial charge on any atom is 0.420 e. The Labute approximate surface area is 128 Å². The van der Waals surface area contributed by atoms with Crippen LogP contribution < -0.4 is 15.5 Å². The second-order valence-electron chi connectivity index (χ2n) is 5.56. The number of likely N-dealkylation sites (N-methyl/N-ethyl adjacent to an activating group) is 1. The Kier molecular flexibility index (Phi) is 5.47. The highest BCUT2D eigenvalue weighted by Crippen LogP contribution is 2.36. The molecule has 0 bridgehead atoms. The molecule has 0 saturated carbocycles. The van der Waals surface area contributed by atoms with Crippen LogP contribution in [0.25, 0.3) is 0 Å². The monoisotopic (exact) mass is 317 g/mol. The maximum atomic E-state index is 13.3. The second-order valence-corrected chi connectivity index (χ2v) is 5.56. The predicted molar refractivity (Wildman–Crippen MR) is 81.4 cm³/mol. The molecule has 2 heterocycles. The second kappa shape index (κ2) is 7.15. The van der Waals surface area contributed by atoms with Crippen molar-refractivity contribution in [2.24, 2.45) is 0 Å². The summed E-state index contributed by atoms with van der Waals surface area (Å²) >= 11 is 0. The van der Waals surface area contributed by atoms with Gasteiger partial charge in [-0.15, -0.1) is 0 Å². The summed E-state index contributed by atoms with van der Waals surface area (Å²) in [7, 11) is 3.82. The highest BCUT2D eigenvalue weighted by atomic mass is 19.4. The molecule has 1 aliphatic rings. The minimum absolute atomic E-state index is 0.0205. The van der Waals surface area contributed by atoms with Gasteiger partial charge in [0.25, 0.3) is 0 Å². The molecule has 5 nitrogen and oxygen atoms in total. The van der Waals surface area contributed by atoms with Crippen LogP contribution in [-0.4, -0.2) is 63.2 Å². The largest absolute Gasteiger partial charge is 0.420 e. The minimum atomic E-state index is -4.41. The fraction of sp³-hybridized carbons (Fsp3) is 0.643. The summed E-state index contributed by atoms with van der Waals surface area (Å²) in [5.74, 6) is 0.0205. The van der Waals surface area contributed by atoms with Gasteiger partial charge in [-0.25, -0.2) is 4.98 Å². The molecular weight excluding hydrogens is 295 g/mol. The van der Waals surface area contributed by atoms with E-state index in [1.807, 2.05) is 19.0 Å². The summed E-state index contributed by atoms with van der Waals surface area (Å²) in [6.07, 6.45) is -2.94. The minimum Gasteiger partial charge on any atom is -0.383 e. The molecular formula is C14H22F3N5. The molecule has 0 spiro atoms. The van der Waals surface area contributed by atoms with Crippen LogP contribution in [-0.2, 0) is 6.18 Å². The number of anilines is 2. The first-order valence-electron chi connectivity index (χ1n) is 7.29. The van der Waals surface area contributed by atoms with Gasteiger partial charge in [0.2, 0.25) is 0 Å². The first-order valence-corrected chi connectivity index (χ1v) is 7.29. The molecule has 8 heteroatoms.